The van der Waals surface area contributed by atoms with Crippen LogP contribution in [0.3, 0.4) is 0 Å². The number of hydrogen-bond donors (Lipinski definition) is 0. The Labute approximate surface area is 184 Å². The molecule has 1 aliphatic rings. The molecule has 1 aromatic carbocycles. The van der Waals surface area contributed by atoms with Crippen LogP contribution in [0.2, 0.25) is 0 Å². The summed E-state index contributed by atoms with van der Waals surface area (Å²) in [4.78, 5) is 50.1. The molecule has 1 amide bonds. The van der Waals surface area contributed by atoms with Crippen LogP contribution in [0.5, 0.6) is 0 Å². The molecule has 1 fully saturated rings. The van der Waals surface area contributed by atoms with Crippen molar-refractivity contribution in [3.63, 3.8) is 0 Å². The molecule has 3 aromatic heterocycles. The van der Waals surface area contributed by atoms with E-state index in [0.29, 0.717) is 26.2 Å². The van der Waals surface area contributed by atoms with Crippen LogP contribution in [0.4, 0.5) is 9.52 Å². The minimum Gasteiger partial charge on any atom is -0.345 e. The molecule has 4 aromatic rings. The van der Waals surface area contributed by atoms with Crippen LogP contribution in [0.15, 0.2) is 34.1 Å². The van der Waals surface area contributed by atoms with Crippen molar-refractivity contribution in [1.82, 2.24) is 28.6 Å². The van der Waals surface area contributed by atoms with Gasteiger partial charge in [0.05, 0.1) is 16.5 Å². The summed E-state index contributed by atoms with van der Waals surface area (Å²) >= 11 is 1.43. The van der Waals surface area contributed by atoms with Gasteiger partial charge in [-0.15, -0.1) is 0 Å². The molecule has 12 heteroatoms. The SMILES string of the molecule is Cn1c(=O)c2c(ncn2CC(=O)N2CCN(c3nc4ccc(F)cc4s3)CC2)n(C)c1=O. The van der Waals surface area contributed by atoms with Gasteiger partial charge in [-0.1, -0.05) is 11.3 Å². The molecule has 0 bridgehead atoms. The third kappa shape index (κ3) is 3.27. The van der Waals surface area contributed by atoms with Gasteiger partial charge in [0.15, 0.2) is 16.3 Å². The molecular weight excluding hydrogens is 437 g/mol. The van der Waals surface area contributed by atoms with Gasteiger partial charge in [-0.05, 0) is 18.2 Å². The zero-order chi connectivity index (χ0) is 22.6. The molecule has 5 rings (SSSR count). The van der Waals surface area contributed by atoms with E-state index in [9.17, 15) is 18.8 Å². The topological polar surface area (TPSA) is 98.3 Å². The Kier molecular flexibility index (Phi) is 4.81. The highest BCUT2D eigenvalue weighted by Gasteiger charge is 2.24. The molecule has 32 heavy (non-hydrogen) atoms. The number of piperazine rings is 1. The molecule has 0 atom stereocenters. The second-order valence-electron chi connectivity index (χ2n) is 7.73. The van der Waals surface area contributed by atoms with Gasteiger partial charge in [0.25, 0.3) is 5.56 Å². The van der Waals surface area contributed by atoms with Gasteiger partial charge >= 0.3 is 5.69 Å². The number of hydrogen-bond acceptors (Lipinski definition) is 7. The Balaban J connectivity index is 1.31. The van der Waals surface area contributed by atoms with E-state index < -0.39 is 11.2 Å². The monoisotopic (exact) mass is 457 g/mol. The van der Waals surface area contributed by atoms with Crippen LogP contribution in [0.25, 0.3) is 21.4 Å². The highest BCUT2D eigenvalue weighted by atomic mass is 32.1. The molecule has 0 aliphatic carbocycles. The largest absolute Gasteiger partial charge is 0.345 e. The fourth-order valence-electron chi connectivity index (χ4n) is 3.93. The number of nitrogens with zero attached hydrogens (tertiary/aromatic N) is 7. The summed E-state index contributed by atoms with van der Waals surface area (Å²) in [7, 11) is 2.94. The van der Waals surface area contributed by atoms with Gasteiger partial charge in [0, 0.05) is 40.3 Å². The Morgan fingerprint density at radius 1 is 1.12 bits per heavy atom. The van der Waals surface area contributed by atoms with Crippen molar-refractivity contribution in [1.29, 1.82) is 0 Å². The van der Waals surface area contributed by atoms with Gasteiger partial charge in [0.1, 0.15) is 12.4 Å². The van der Waals surface area contributed by atoms with Gasteiger partial charge in [-0.25, -0.2) is 19.2 Å². The number of thiazole rings is 1. The molecule has 0 spiro atoms. The number of anilines is 1. The van der Waals surface area contributed by atoms with Crippen LogP contribution in [0.1, 0.15) is 0 Å². The number of aryl methyl sites for hydroxylation is 1. The zero-order valence-corrected chi connectivity index (χ0v) is 18.3. The van der Waals surface area contributed by atoms with E-state index in [1.807, 2.05) is 0 Å². The molecular formula is C20H20FN7O3S. The summed E-state index contributed by atoms with van der Waals surface area (Å²) in [5.41, 5.74) is 0.289. The van der Waals surface area contributed by atoms with Crippen molar-refractivity contribution in [3.8, 4) is 0 Å². The standard InChI is InChI=1S/C20H20FN7O3S/c1-24-17-16(18(30)25(2)20(24)31)28(11-22-17)10-15(29)26-5-7-27(8-6-26)19-23-13-4-3-12(21)9-14(13)32-19/h3-4,9,11H,5-8,10H2,1-2H3. The number of aromatic nitrogens is 5. The van der Waals surface area contributed by atoms with Gasteiger partial charge in [0.2, 0.25) is 5.91 Å². The first-order valence-electron chi connectivity index (χ1n) is 10.0. The number of rotatable bonds is 3. The predicted octanol–water partition coefficient (Wildman–Crippen LogP) is 0.531. The fraction of sp³-hybridized carbons (Fsp3) is 0.350. The first kappa shape index (κ1) is 20.4. The highest BCUT2D eigenvalue weighted by molar-refractivity contribution is 7.22. The lowest BCUT2D eigenvalue weighted by atomic mass is 10.3. The smallest absolute Gasteiger partial charge is 0.332 e. The Bertz CT molecular complexity index is 1480. The van der Waals surface area contributed by atoms with E-state index in [1.165, 1.54) is 46.0 Å². The number of imidazole rings is 1. The summed E-state index contributed by atoms with van der Waals surface area (Å²) in [6, 6.07) is 4.54. The molecule has 10 nitrogen and oxygen atoms in total. The Morgan fingerprint density at radius 2 is 1.88 bits per heavy atom. The van der Waals surface area contributed by atoms with Crippen LogP contribution in [-0.4, -0.2) is 60.7 Å². The summed E-state index contributed by atoms with van der Waals surface area (Å²) in [6.07, 6.45) is 1.42. The maximum atomic E-state index is 13.4. The molecule has 0 radical (unpaired) electrons. The first-order valence-corrected chi connectivity index (χ1v) is 10.8. The second-order valence-corrected chi connectivity index (χ2v) is 8.74. The third-order valence-corrected chi connectivity index (χ3v) is 6.84. The lowest BCUT2D eigenvalue weighted by Crippen LogP contribution is -2.49. The molecule has 0 N–H and O–H groups in total. The quantitative estimate of drug-likeness (QED) is 0.445. The highest BCUT2D eigenvalue weighted by Crippen LogP contribution is 2.29. The lowest BCUT2D eigenvalue weighted by Gasteiger charge is -2.34. The average Bonchev–Trinajstić information content (AvgIpc) is 3.40. The van der Waals surface area contributed by atoms with Crippen LogP contribution >= 0.6 is 11.3 Å². The molecule has 4 heterocycles. The van der Waals surface area contributed by atoms with E-state index in [0.717, 1.165) is 19.9 Å². The zero-order valence-electron chi connectivity index (χ0n) is 17.5. The van der Waals surface area contributed by atoms with Crippen molar-refractivity contribution in [2.75, 3.05) is 31.1 Å². The van der Waals surface area contributed by atoms with Gasteiger partial charge in [-0.2, -0.15) is 0 Å². The third-order valence-electron chi connectivity index (χ3n) is 5.76. The number of benzene rings is 1. The van der Waals surface area contributed by atoms with Crippen molar-refractivity contribution in [3.05, 3.63) is 51.2 Å². The summed E-state index contributed by atoms with van der Waals surface area (Å²) in [5.74, 6) is -0.420. The van der Waals surface area contributed by atoms with Gasteiger partial charge < -0.3 is 14.4 Å². The Hall–Kier alpha value is -3.54. The number of amides is 1. The second kappa shape index (κ2) is 7.55. The predicted molar refractivity (Wildman–Crippen MR) is 119 cm³/mol. The normalized spacial score (nSPS) is 14.6. The van der Waals surface area contributed by atoms with Crippen LogP contribution in [-0.2, 0) is 25.4 Å². The molecule has 0 unspecified atom stereocenters. The summed E-state index contributed by atoms with van der Waals surface area (Å²) in [6.45, 7) is 2.19. The van der Waals surface area contributed by atoms with E-state index in [1.54, 1.807) is 18.0 Å². The van der Waals surface area contributed by atoms with Crippen LogP contribution < -0.4 is 16.1 Å². The maximum absolute atomic E-state index is 13.4. The van der Waals surface area contributed by atoms with E-state index in [2.05, 4.69) is 14.9 Å². The number of halogens is 1. The summed E-state index contributed by atoms with van der Waals surface area (Å²) in [5, 5.41) is 0.808. The lowest BCUT2D eigenvalue weighted by molar-refractivity contribution is -0.132. The van der Waals surface area contributed by atoms with E-state index in [4.69, 9.17) is 0 Å². The number of carbonyl (C=O) groups excluding carboxylic acids is 1. The van der Waals surface area contributed by atoms with Crippen molar-refractivity contribution >= 4 is 43.8 Å². The van der Waals surface area contributed by atoms with Crippen LogP contribution in [0, 0.1) is 5.82 Å². The average molecular weight is 457 g/mol. The van der Waals surface area contributed by atoms with Crippen molar-refractivity contribution in [2.45, 2.75) is 6.54 Å². The fourth-order valence-corrected chi connectivity index (χ4v) is 4.97. The van der Waals surface area contributed by atoms with Crippen molar-refractivity contribution < 1.29 is 9.18 Å². The molecule has 1 saturated heterocycles. The number of fused-ring (bicyclic) bond motifs is 2. The van der Waals surface area contributed by atoms with Crippen molar-refractivity contribution in [2.24, 2.45) is 14.1 Å². The molecule has 166 valence electrons. The number of carbonyl (C=O) groups is 1. The Morgan fingerprint density at radius 3 is 2.62 bits per heavy atom. The maximum Gasteiger partial charge on any atom is 0.332 e. The summed E-state index contributed by atoms with van der Waals surface area (Å²) < 4.78 is 18.0. The minimum atomic E-state index is -0.481. The van der Waals surface area contributed by atoms with E-state index >= 15 is 0 Å². The molecule has 1 aliphatic heterocycles. The minimum absolute atomic E-state index is 0.0373. The van der Waals surface area contributed by atoms with Gasteiger partial charge in [-0.3, -0.25) is 18.7 Å². The van der Waals surface area contributed by atoms with E-state index in [-0.39, 0.29) is 29.4 Å². The first-order chi connectivity index (χ1) is 15.3. The molecule has 0 saturated carbocycles.